The van der Waals surface area contributed by atoms with Crippen molar-refractivity contribution in [2.24, 2.45) is 0 Å². The lowest BCUT2D eigenvalue weighted by Crippen LogP contribution is -2.28. The highest BCUT2D eigenvalue weighted by Crippen LogP contribution is 2.30. The van der Waals surface area contributed by atoms with Crippen molar-refractivity contribution in [3.63, 3.8) is 0 Å². The van der Waals surface area contributed by atoms with E-state index in [1.165, 1.54) is 52.8 Å². The van der Waals surface area contributed by atoms with Gasteiger partial charge in [0.15, 0.2) is 0 Å². The molecule has 0 saturated carbocycles. The van der Waals surface area contributed by atoms with Gasteiger partial charge >= 0.3 is 5.63 Å². The summed E-state index contributed by atoms with van der Waals surface area (Å²) >= 11 is 6.11. The minimum absolute atomic E-state index is 0.0191. The lowest BCUT2D eigenvalue weighted by molar-refractivity contribution is 0.477. The van der Waals surface area contributed by atoms with Crippen LogP contribution in [0.15, 0.2) is 67.5 Å². The van der Waals surface area contributed by atoms with Crippen LogP contribution in [0.5, 0.6) is 0 Å². The smallest absolute Gasteiger partial charge is 0.336 e. The van der Waals surface area contributed by atoms with Gasteiger partial charge in [-0.1, -0.05) is 11.6 Å². The van der Waals surface area contributed by atoms with Crippen molar-refractivity contribution in [1.82, 2.24) is 4.31 Å². The minimum Gasteiger partial charge on any atom is -0.423 e. The molecule has 3 aromatic rings. The summed E-state index contributed by atoms with van der Waals surface area (Å²) in [6, 6.07) is 10.7. The van der Waals surface area contributed by atoms with Crippen molar-refractivity contribution >= 4 is 48.3 Å². The Labute approximate surface area is 178 Å². The van der Waals surface area contributed by atoms with E-state index < -0.39 is 25.7 Å². The van der Waals surface area contributed by atoms with Crippen molar-refractivity contribution in [3.8, 4) is 0 Å². The van der Waals surface area contributed by atoms with E-state index >= 15 is 0 Å². The summed E-state index contributed by atoms with van der Waals surface area (Å²) in [6.07, 6.45) is 1.54. The molecular weight excluding hydrogens is 452 g/mol. The molecule has 30 heavy (non-hydrogen) atoms. The Bertz CT molecular complexity index is 1390. The molecule has 1 fully saturated rings. The molecular formula is C19H17ClN2O6S2. The normalized spacial score (nSPS) is 15.5. The highest BCUT2D eigenvalue weighted by Gasteiger charge is 2.29. The molecule has 158 valence electrons. The molecule has 4 rings (SSSR count). The average Bonchev–Trinajstić information content (AvgIpc) is 3.24. The Balaban J connectivity index is 1.68. The molecule has 0 radical (unpaired) electrons. The van der Waals surface area contributed by atoms with Gasteiger partial charge in [-0.15, -0.1) is 0 Å². The SMILES string of the molecule is O=c1ccc2cc(S(=O)(=O)Nc3ccc(Cl)c(S(=O)(=O)N4CCCC4)c3)ccc2o1. The fourth-order valence-corrected chi connectivity index (χ4v) is 6.37. The lowest BCUT2D eigenvalue weighted by atomic mass is 10.2. The first-order valence-corrected chi connectivity index (χ1v) is 12.3. The van der Waals surface area contributed by atoms with Gasteiger partial charge in [-0.05, 0) is 55.3 Å². The van der Waals surface area contributed by atoms with E-state index in [9.17, 15) is 21.6 Å². The number of rotatable bonds is 5. The third-order valence-corrected chi connectivity index (χ3v) is 8.53. The molecule has 1 aromatic heterocycles. The molecule has 2 aromatic carbocycles. The monoisotopic (exact) mass is 468 g/mol. The van der Waals surface area contributed by atoms with Crippen LogP contribution in [-0.4, -0.2) is 34.2 Å². The van der Waals surface area contributed by atoms with E-state index in [1.54, 1.807) is 0 Å². The van der Waals surface area contributed by atoms with Gasteiger partial charge in [-0.2, -0.15) is 4.31 Å². The number of halogens is 1. The summed E-state index contributed by atoms with van der Waals surface area (Å²) in [4.78, 5) is 11.1. The van der Waals surface area contributed by atoms with Crippen molar-refractivity contribution in [2.75, 3.05) is 17.8 Å². The Kier molecular flexibility index (Phi) is 5.35. The van der Waals surface area contributed by atoms with Gasteiger partial charge in [0.05, 0.1) is 15.6 Å². The summed E-state index contributed by atoms with van der Waals surface area (Å²) in [5.41, 5.74) is -0.215. The Morgan fingerprint density at radius 2 is 1.67 bits per heavy atom. The van der Waals surface area contributed by atoms with E-state index in [2.05, 4.69) is 4.72 Å². The molecule has 0 amide bonds. The number of nitrogens with zero attached hydrogens (tertiary/aromatic N) is 1. The van der Waals surface area contributed by atoms with Crippen LogP contribution < -0.4 is 10.3 Å². The zero-order chi connectivity index (χ0) is 21.5. The number of hydrogen-bond acceptors (Lipinski definition) is 6. The molecule has 1 aliphatic rings. The quantitative estimate of drug-likeness (QED) is 0.576. The van der Waals surface area contributed by atoms with Gasteiger partial charge in [0.25, 0.3) is 10.0 Å². The molecule has 0 aliphatic carbocycles. The van der Waals surface area contributed by atoms with E-state index in [0.29, 0.717) is 18.5 Å². The molecule has 2 heterocycles. The van der Waals surface area contributed by atoms with Crippen LogP contribution in [0.2, 0.25) is 5.02 Å². The summed E-state index contributed by atoms with van der Waals surface area (Å²) in [5.74, 6) is 0. The summed E-state index contributed by atoms with van der Waals surface area (Å²) in [6.45, 7) is 0.809. The van der Waals surface area contributed by atoms with Crippen molar-refractivity contribution in [1.29, 1.82) is 0 Å². The first-order chi connectivity index (χ1) is 14.2. The van der Waals surface area contributed by atoms with Gasteiger partial charge < -0.3 is 4.42 Å². The number of anilines is 1. The highest BCUT2D eigenvalue weighted by atomic mass is 35.5. The molecule has 11 heteroatoms. The first-order valence-electron chi connectivity index (χ1n) is 9.03. The molecule has 1 saturated heterocycles. The second-order valence-electron chi connectivity index (χ2n) is 6.82. The largest absolute Gasteiger partial charge is 0.423 e. The molecule has 1 N–H and O–H groups in total. The van der Waals surface area contributed by atoms with Crippen molar-refractivity contribution < 1.29 is 21.3 Å². The number of nitrogens with one attached hydrogen (secondary N) is 1. The average molecular weight is 469 g/mol. The van der Waals surface area contributed by atoms with Crippen LogP contribution in [0, 0.1) is 0 Å². The fraction of sp³-hybridized carbons (Fsp3) is 0.211. The van der Waals surface area contributed by atoms with E-state index in [-0.39, 0.29) is 26.1 Å². The highest BCUT2D eigenvalue weighted by molar-refractivity contribution is 7.92. The van der Waals surface area contributed by atoms with Gasteiger partial charge in [0.1, 0.15) is 10.5 Å². The van der Waals surface area contributed by atoms with Crippen LogP contribution in [0.4, 0.5) is 5.69 Å². The third kappa shape index (κ3) is 3.95. The molecule has 1 aliphatic heterocycles. The number of fused-ring (bicyclic) bond motifs is 1. The first kappa shape index (κ1) is 20.9. The Hall–Kier alpha value is -2.40. The standard InChI is InChI=1S/C19H17ClN2O6S2/c20-16-6-4-14(12-18(16)30(26,27)22-9-1-2-10-22)21-29(24,25)15-5-7-17-13(11-15)3-8-19(23)28-17/h3-8,11-12,21H,1-2,9-10H2. The maximum Gasteiger partial charge on any atom is 0.336 e. The fourth-order valence-electron chi connectivity index (χ4n) is 3.26. The number of hydrogen-bond donors (Lipinski definition) is 1. The van der Waals surface area contributed by atoms with E-state index in [0.717, 1.165) is 12.8 Å². The second-order valence-corrected chi connectivity index (χ2v) is 10.8. The predicted octanol–water partition coefficient (Wildman–Crippen LogP) is 3.03. The molecule has 0 bridgehead atoms. The van der Waals surface area contributed by atoms with Gasteiger partial charge in [-0.3, -0.25) is 4.72 Å². The predicted molar refractivity (Wildman–Crippen MR) is 113 cm³/mol. The number of benzene rings is 2. The van der Waals surface area contributed by atoms with E-state index in [4.69, 9.17) is 16.0 Å². The summed E-state index contributed by atoms with van der Waals surface area (Å²) in [5, 5.41) is 0.455. The van der Waals surface area contributed by atoms with Gasteiger partial charge in [0, 0.05) is 24.5 Å². The van der Waals surface area contributed by atoms with Crippen LogP contribution in [0.1, 0.15) is 12.8 Å². The third-order valence-electron chi connectivity index (χ3n) is 4.77. The van der Waals surface area contributed by atoms with Gasteiger partial charge in [0.2, 0.25) is 10.0 Å². The Morgan fingerprint density at radius 1 is 0.933 bits per heavy atom. The van der Waals surface area contributed by atoms with Crippen LogP contribution in [0.25, 0.3) is 11.0 Å². The van der Waals surface area contributed by atoms with Crippen LogP contribution in [0.3, 0.4) is 0 Å². The van der Waals surface area contributed by atoms with Crippen LogP contribution in [-0.2, 0) is 20.0 Å². The second kappa shape index (κ2) is 7.69. The molecule has 0 unspecified atom stereocenters. The molecule has 0 spiro atoms. The molecule has 8 nitrogen and oxygen atoms in total. The zero-order valence-corrected chi connectivity index (χ0v) is 17.9. The van der Waals surface area contributed by atoms with Crippen molar-refractivity contribution in [3.05, 3.63) is 64.0 Å². The zero-order valence-electron chi connectivity index (χ0n) is 15.5. The Morgan fingerprint density at radius 3 is 2.40 bits per heavy atom. The topological polar surface area (TPSA) is 114 Å². The van der Waals surface area contributed by atoms with Crippen molar-refractivity contribution in [2.45, 2.75) is 22.6 Å². The lowest BCUT2D eigenvalue weighted by Gasteiger charge is -2.17. The van der Waals surface area contributed by atoms with E-state index in [1.807, 2.05) is 0 Å². The van der Waals surface area contributed by atoms with Gasteiger partial charge in [-0.25, -0.2) is 21.6 Å². The van der Waals surface area contributed by atoms with Crippen LogP contribution >= 0.6 is 11.6 Å². The number of sulfonamides is 2. The maximum absolute atomic E-state index is 12.8. The summed E-state index contributed by atoms with van der Waals surface area (Å²) < 4.78 is 60.0. The molecule has 0 atom stereocenters. The summed E-state index contributed by atoms with van der Waals surface area (Å²) in [7, 11) is -7.85. The minimum atomic E-state index is -4.03. The maximum atomic E-state index is 12.8.